The van der Waals surface area contributed by atoms with Crippen molar-refractivity contribution in [3.05, 3.63) is 35.9 Å². The lowest BCUT2D eigenvalue weighted by molar-refractivity contribution is 0.326. The fraction of sp³-hybridized carbons (Fsp3) is 0.364. The molecule has 1 heterocycles. The standard InChI is InChI=1S/C11H13NOS/c14-11-12-10(8-13-11)7-6-9-4-2-1-3-5-9/h1-5,10H,6-8H2,(H,12,14). The number of ether oxygens (including phenoxy) is 1. The number of thiocarbonyl (C=S) groups is 1. The molecule has 1 atom stereocenters. The summed E-state index contributed by atoms with van der Waals surface area (Å²) in [5.74, 6) is 0. The van der Waals surface area contributed by atoms with Gasteiger partial charge in [0.05, 0.1) is 6.04 Å². The smallest absolute Gasteiger partial charge is 0.257 e. The van der Waals surface area contributed by atoms with E-state index < -0.39 is 0 Å². The molecule has 1 aliphatic rings. The van der Waals surface area contributed by atoms with Crippen LogP contribution in [0.3, 0.4) is 0 Å². The highest BCUT2D eigenvalue weighted by molar-refractivity contribution is 7.80. The van der Waals surface area contributed by atoms with E-state index in [1.54, 1.807) is 0 Å². The summed E-state index contributed by atoms with van der Waals surface area (Å²) in [5.41, 5.74) is 1.37. The Morgan fingerprint density at radius 1 is 1.36 bits per heavy atom. The van der Waals surface area contributed by atoms with Crippen molar-refractivity contribution in [3.63, 3.8) is 0 Å². The highest BCUT2D eigenvalue weighted by Crippen LogP contribution is 2.08. The molecule has 1 fully saturated rings. The molecule has 0 aromatic heterocycles. The Kier molecular flexibility index (Phi) is 2.99. The maximum Gasteiger partial charge on any atom is 0.257 e. The quantitative estimate of drug-likeness (QED) is 0.765. The molecular formula is C11H13NOS. The number of benzene rings is 1. The fourth-order valence-electron chi connectivity index (χ4n) is 1.57. The molecule has 74 valence electrons. The Hall–Kier alpha value is -1.09. The number of hydrogen-bond donors (Lipinski definition) is 1. The van der Waals surface area contributed by atoms with Crippen molar-refractivity contribution in [1.82, 2.24) is 5.32 Å². The van der Waals surface area contributed by atoms with Crippen LogP contribution in [-0.4, -0.2) is 17.8 Å². The van der Waals surface area contributed by atoms with Gasteiger partial charge < -0.3 is 10.1 Å². The van der Waals surface area contributed by atoms with E-state index in [2.05, 4.69) is 29.6 Å². The maximum atomic E-state index is 5.17. The van der Waals surface area contributed by atoms with Crippen LogP contribution in [0.4, 0.5) is 0 Å². The van der Waals surface area contributed by atoms with E-state index in [-0.39, 0.29) is 0 Å². The van der Waals surface area contributed by atoms with Gasteiger partial charge in [-0.2, -0.15) is 0 Å². The van der Waals surface area contributed by atoms with Gasteiger partial charge in [-0.25, -0.2) is 0 Å². The molecule has 0 saturated carbocycles. The summed E-state index contributed by atoms with van der Waals surface area (Å²) in [4.78, 5) is 0. The second kappa shape index (κ2) is 4.42. The summed E-state index contributed by atoms with van der Waals surface area (Å²) in [6.45, 7) is 0.714. The molecule has 14 heavy (non-hydrogen) atoms. The zero-order chi connectivity index (χ0) is 9.80. The molecule has 1 saturated heterocycles. The highest BCUT2D eigenvalue weighted by Gasteiger charge is 2.18. The first kappa shape index (κ1) is 9.46. The Balaban J connectivity index is 1.80. The van der Waals surface area contributed by atoms with Crippen molar-refractivity contribution >= 4 is 17.4 Å². The summed E-state index contributed by atoms with van der Waals surface area (Å²) in [7, 11) is 0. The normalized spacial score (nSPS) is 20.3. The van der Waals surface area contributed by atoms with Gasteiger partial charge in [0.2, 0.25) is 0 Å². The fourth-order valence-corrected chi connectivity index (χ4v) is 1.80. The van der Waals surface area contributed by atoms with E-state index >= 15 is 0 Å². The molecule has 0 spiro atoms. The van der Waals surface area contributed by atoms with Gasteiger partial charge in [-0.3, -0.25) is 0 Å². The maximum absolute atomic E-state index is 5.17. The molecule has 0 bridgehead atoms. The van der Waals surface area contributed by atoms with Crippen molar-refractivity contribution in [2.45, 2.75) is 18.9 Å². The van der Waals surface area contributed by atoms with Crippen LogP contribution >= 0.6 is 12.2 Å². The predicted octanol–water partition coefficient (Wildman–Crippen LogP) is 1.89. The molecule has 3 heteroatoms. The zero-order valence-electron chi connectivity index (χ0n) is 7.90. The van der Waals surface area contributed by atoms with Gasteiger partial charge in [-0.15, -0.1) is 0 Å². The van der Waals surface area contributed by atoms with Crippen LogP contribution in [0, 0.1) is 0 Å². The van der Waals surface area contributed by atoms with E-state index in [1.165, 1.54) is 5.56 Å². The van der Waals surface area contributed by atoms with Crippen LogP contribution < -0.4 is 5.32 Å². The summed E-state index contributed by atoms with van der Waals surface area (Å²) < 4.78 is 5.17. The average Bonchev–Trinajstić information content (AvgIpc) is 2.63. The van der Waals surface area contributed by atoms with Crippen molar-refractivity contribution in [1.29, 1.82) is 0 Å². The highest BCUT2D eigenvalue weighted by atomic mass is 32.1. The van der Waals surface area contributed by atoms with E-state index in [0.717, 1.165) is 12.8 Å². The number of rotatable bonds is 3. The number of nitrogens with one attached hydrogen (secondary N) is 1. The molecule has 0 radical (unpaired) electrons. The molecule has 1 aromatic carbocycles. The minimum Gasteiger partial charge on any atom is -0.469 e. The Bertz CT molecular complexity index is 312. The van der Waals surface area contributed by atoms with Crippen molar-refractivity contribution in [3.8, 4) is 0 Å². The van der Waals surface area contributed by atoms with Gasteiger partial charge >= 0.3 is 0 Å². The van der Waals surface area contributed by atoms with E-state index in [4.69, 9.17) is 17.0 Å². The largest absolute Gasteiger partial charge is 0.469 e. The molecule has 2 rings (SSSR count). The van der Waals surface area contributed by atoms with Gasteiger partial charge in [-0.05, 0) is 30.6 Å². The van der Waals surface area contributed by atoms with Crippen LogP contribution in [0.15, 0.2) is 30.3 Å². The Morgan fingerprint density at radius 2 is 2.14 bits per heavy atom. The van der Waals surface area contributed by atoms with E-state index in [9.17, 15) is 0 Å². The third-order valence-corrected chi connectivity index (χ3v) is 2.60. The second-order valence-electron chi connectivity index (χ2n) is 3.46. The van der Waals surface area contributed by atoms with Crippen LogP contribution in [0.25, 0.3) is 0 Å². The van der Waals surface area contributed by atoms with Gasteiger partial charge in [0.25, 0.3) is 5.17 Å². The minimum atomic E-state index is 0.391. The molecule has 2 nitrogen and oxygen atoms in total. The number of hydrogen-bond acceptors (Lipinski definition) is 2. The lowest BCUT2D eigenvalue weighted by Crippen LogP contribution is -2.26. The molecule has 1 N–H and O–H groups in total. The van der Waals surface area contributed by atoms with Crippen molar-refractivity contribution in [2.75, 3.05) is 6.61 Å². The Morgan fingerprint density at radius 3 is 2.79 bits per heavy atom. The lowest BCUT2D eigenvalue weighted by atomic mass is 10.1. The summed E-state index contributed by atoms with van der Waals surface area (Å²) in [6, 6.07) is 10.9. The van der Waals surface area contributed by atoms with Gasteiger partial charge in [0.15, 0.2) is 0 Å². The van der Waals surface area contributed by atoms with Crippen LogP contribution in [0.1, 0.15) is 12.0 Å². The van der Waals surface area contributed by atoms with Crippen molar-refractivity contribution in [2.24, 2.45) is 0 Å². The zero-order valence-corrected chi connectivity index (χ0v) is 8.72. The average molecular weight is 207 g/mol. The first-order valence-electron chi connectivity index (χ1n) is 4.82. The van der Waals surface area contributed by atoms with E-state index in [0.29, 0.717) is 17.8 Å². The monoisotopic (exact) mass is 207 g/mol. The van der Waals surface area contributed by atoms with Crippen LogP contribution in [0.5, 0.6) is 0 Å². The minimum absolute atomic E-state index is 0.391. The SMILES string of the molecule is S=C1NC(CCc2ccccc2)CO1. The summed E-state index contributed by atoms with van der Waals surface area (Å²) >= 11 is 4.89. The molecular weight excluding hydrogens is 194 g/mol. The molecule has 1 unspecified atom stereocenters. The lowest BCUT2D eigenvalue weighted by Gasteiger charge is -2.06. The van der Waals surface area contributed by atoms with Crippen molar-refractivity contribution < 1.29 is 4.74 Å². The van der Waals surface area contributed by atoms with Crippen LogP contribution in [-0.2, 0) is 11.2 Å². The second-order valence-corrected chi connectivity index (χ2v) is 3.83. The third-order valence-electron chi connectivity index (χ3n) is 2.36. The topological polar surface area (TPSA) is 21.3 Å². The van der Waals surface area contributed by atoms with Crippen LogP contribution in [0.2, 0.25) is 0 Å². The molecule has 0 aliphatic carbocycles. The predicted molar refractivity (Wildman–Crippen MR) is 60.2 cm³/mol. The van der Waals surface area contributed by atoms with E-state index in [1.807, 2.05) is 6.07 Å². The van der Waals surface area contributed by atoms with Gasteiger partial charge in [0.1, 0.15) is 6.61 Å². The summed E-state index contributed by atoms with van der Waals surface area (Å²) in [5, 5.41) is 3.68. The first-order chi connectivity index (χ1) is 6.84. The molecule has 0 amide bonds. The molecule has 1 aromatic rings. The summed E-state index contributed by atoms with van der Waals surface area (Å²) in [6.07, 6.45) is 2.15. The van der Waals surface area contributed by atoms with Gasteiger partial charge in [0, 0.05) is 0 Å². The first-order valence-corrected chi connectivity index (χ1v) is 5.22. The number of aryl methyl sites for hydroxylation is 1. The molecule has 1 aliphatic heterocycles. The Labute approximate surface area is 89.3 Å². The van der Waals surface area contributed by atoms with Gasteiger partial charge in [-0.1, -0.05) is 30.3 Å². The third kappa shape index (κ3) is 2.45.